The molecule has 0 aliphatic carbocycles. The summed E-state index contributed by atoms with van der Waals surface area (Å²) in [5, 5.41) is 70.2. The fourth-order valence-electron chi connectivity index (χ4n) is 10.1. The molecule has 6 amide bonds. The van der Waals surface area contributed by atoms with Gasteiger partial charge in [-0.2, -0.15) is 0 Å². The predicted molar refractivity (Wildman–Crippen MR) is 366 cm³/mol. The Morgan fingerprint density at radius 1 is 0.479 bits per heavy atom. The van der Waals surface area contributed by atoms with Crippen LogP contribution in [0.1, 0.15) is 141 Å². The number of rotatable bonds is 37. The Hall–Kier alpha value is -8.82. The lowest BCUT2D eigenvalue weighted by molar-refractivity contribution is -0.132. The van der Waals surface area contributed by atoms with E-state index in [1.165, 1.54) is 39.3 Å². The zero-order chi connectivity index (χ0) is 70.0. The maximum absolute atomic E-state index is 13.2. The Labute approximate surface area is 563 Å². The Morgan fingerprint density at radius 3 is 1.14 bits per heavy atom. The Kier molecular flexibility index (Phi) is 32.9. The van der Waals surface area contributed by atoms with Crippen LogP contribution in [-0.2, 0) is 52.2 Å². The molecule has 27 heteroatoms. The molecule has 0 radical (unpaired) electrons. The maximum Gasteiger partial charge on any atom is 0.407 e. The van der Waals surface area contributed by atoms with E-state index < -0.39 is 29.8 Å². The molecule has 528 valence electrons. The number of amides is 6. The number of aromatic nitrogens is 6. The van der Waals surface area contributed by atoms with Gasteiger partial charge < -0.3 is 70.4 Å². The molecule has 0 bridgehead atoms. The van der Waals surface area contributed by atoms with Gasteiger partial charge in [-0.1, -0.05) is 123 Å². The van der Waals surface area contributed by atoms with Gasteiger partial charge >= 0.3 is 24.4 Å². The number of likely N-dealkylation sites (N-methyl/N-ethyl adjacent to an activating group) is 1. The van der Waals surface area contributed by atoms with Crippen LogP contribution in [0.5, 0.6) is 11.5 Å². The number of ether oxygens (including phenoxy) is 4. The first-order chi connectivity index (χ1) is 45.9. The minimum atomic E-state index is -0.586. The van der Waals surface area contributed by atoms with Crippen molar-refractivity contribution in [2.75, 3.05) is 113 Å². The van der Waals surface area contributed by atoms with E-state index in [0.29, 0.717) is 84.6 Å². The number of nitrogens with one attached hydrogen (secondary N) is 4. The van der Waals surface area contributed by atoms with E-state index >= 15 is 0 Å². The van der Waals surface area contributed by atoms with Crippen LogP contribution in [-0.4, -0.2) is 214 Å². The summed E-state index contributed by atoms with van der Waals surface area (Å²) in [6.45, 7) is 17.3. The Morgan fingerprint density at radius 2 is 0.812 bits per heavy atom. The van der Waals surface area contributed by atoms with Crippen molar-refractivity contribution in [1.82, 2.24) is 66.0 Å². The first-order valence-electron chi connectivity index (χ1n) is 33.4. The van der Waals surface area contributed by atoms with Crippen molar-refractivity contribution in [3.8, 4) is 22.9 Å². The highest BCUT2D eigenvalue weighted by Gasteiger charge is 2.26. The van der Waals surface area contributed by atoms with E-state index in [4.69, 9.17) is 18.9 Å². The molecule has 0 atom stereocenters. The summed E-state index contributed by atoms with van der Waals surface area (Å²) in [6, 6.07) is 22.3. The Bertz CT molecular complexity index is 3330. The molecule has 0 aliphatic rings. The molecule has 0 unspecified atom stereocenters. The third kappa shape index (κ3) is 26.8. The van der Waals surface area contributed by atoms with Gasteiger partial charge in [-0.15, -0.1) is 30.0 Å². The number of nitrogens with zero attached hydrogens (tertiary/aromatic N) is 9. The quantitative estimate of drug-likeness (QED) is 0.0134. The van der Waals surface area contributed by atoms with Crippen LogP contribution in [0.15, 0.2) is 72.8 Å². The largest absolute Gasteiger partial charge is 0.505 e. The number of aliphatic hydroxyl groups excluding tert-OH is 2. The topological polar surface area (TPSA) is 340 Å². The normalized spacial score (nSPS) is 11.4. The highest BCUT2D eigenvalue weighted by atomic mass is 16.6. The number of phenols is 2. The van der Waals surface area contributed by atoms with Gasteiger partial charge in [0.25, 0.3) is 0 Å². The molecule has 0 fully saturated rings. The number of hydrogen-bond donors (Lipinski definition) is 8. The zero-order valence-corrected chi connectivity index (χ0v) is 57.6. The number of aromatic hydroxyl groups is 2. The monoisotopic (exact) mass is 1340 g/mol. The number of carbonyl (C=O) groups excluding carboxylic acids is 6. The second-order valence-electron chi connectivity index (χ2n) is 25.4. The van der Waals surface area contributed by atoms with Gasteiger partial charge in [-0.05, 0) is 97.5 Å². The van der Waals surface area contributed by atoms with E-state index in [-0.39, 0.29) is 107 Å². The average molecular weight is 1340 g/mol. The number of aryl methyl sites for hydroxylation is 2. The summed E-state index contributed by atoms with van der Waals surface area (Å²) in [7, 11) is 3.33. The van der Waals surface area contributed by atoms with Crippen LogP contribution in [0.3, 0.4) is 0 Å². The van der Waals surface area contributed by atoms with Gasteiger partial charge in [0.1, 0.15) is 71.4 Å². The van der Waals surface area contributed by atoms with Crippen LogP contribution in [0, 0.1) is 0 Å². The molecule has 6 rings (SSSR count). The molecule has 6 aromatic rings. The highest BCUT2D eigenvalue weighted by molar-refractivity contribution is 5.78. The molecule has 0 spiro atoms. The summed E-state index contributed by atoms with van der Waals surface area (Å²) in [5.74, 6) is -0.182. The number of carbonyl (C=O) groups is 6. The fraction of sp³-hybridized carbons (Fsp3) is 0.565. The van der Waals surface area contributed by atoms with Crippen molar-refractivity contribution in [2.24, 2.45) is 0 Å². The molecule has 27 nitrogen and oxygen atoms in total. The molecule has 0 aliphatic heterocycles. The van der Waals surface area contributed by atoms with Crippen molar-refractivity contribution in [1.29, 1.82) is 0 Å². The number of unbranched alkanes of at least 4 members (excludes halogenated alkanes) is 7. The second-order valence-corrected chi connectivity index (χ2v) is 25.4. The third-order valence-corrected chi connectivity index (χ3v) is 15.6. The molecular weight excluding hydrogens is 1230 g/mol. The van der Waals surface area contributed by atoms with E-state index in [1.807, 2.05) is 120 Å². The summed E-state index contributed by atoms with van der Waals surface area (Å²) in [4.78, 5) is 81.1. The van der Waals surface area contributed by atoms with Crippen molar-refractivity contribution in [3.63, 3.8) is 0 Å². The predicted octanol–water partition coefficient (Wildman–Crippen LogP) is 8.35. The Balaban J connectivity index is 0.000000362. The van der Waals surface area contributed by atoms with Crippen LogP contribution in [0.4, 0.5) is 19.2 Å². The van der Waals surface area contributed by atoms with Crippen molar-refractivity contribution < 1.29 is 68.1 Å². The van der Waals surface area contributed by atoms with Crippen LogP contribution in [0.25, 0.3) is 33.4 Å². The number of alkyl carbamates (subject to hydrolysis) is 4. The molecule has 0 saturated heterocycles. The molecule has 2 heterocycles. The van der Waals surface area contributed by atoms with E-state index in [9.17, 15) is 49.2 Å². The van der Waals surface area contributed by atoms with E-state index in [1.54, 1.807) is 6.07 Å². The molecule has 2 aromatic heterocycles. The summed E-state index contributed by atoms with van der Waals surface area (Å²) < 4.78 is 20.6. The van der Waals surface area contributed by atoms with Crippen molar-refractivity contribution in [2.45, 2.75) is 143 Å². The smallest absolute Gasteiger partial charge is 0.407 e. The maximum atomic E-state index is 13.2. The summed E-state index contributed by atoms with van der Waals surface area (Å²) in [5.41, 5.74) is 6.06. The summed E-state index contributed by atoms with van der Waals surface area (Å²) >= 11 is 0. The van der Waals surface area contributed by atoms with Gasteiger partial charge in [0, 0.05) is 76.8 Å². The molecule has 4 aromatic carbocycles. The minimum Gasteiger partial charge on any atom is -0.505 e. The van der Waals surface area contributed by atoms with Crippen LogP contribution >= 0.6 is 0 Å². The van der Waals surface area contributed by atoms with Gasteiger partial charge in [-0.3, -0.25) is 14.5 Å². The van der Waals surface area contributed by atoms with Crippen LogP contribution < -0.4 is 21.3 Å². The number of fused-ring (bicyclic) bond motifs is 2. The van der Waals surface area contributed by atoms with E-state index in [2.05, 4.69) is 48.6 Å². The van der Waals surface area contributed by atoms with Gasteiger partial charge in [-0.25, -0.2) is 19.2 Å². The molecular formula is C69H103N13O14. The van der Waals surface area contributed by atoms with Crippen molar-refractivity contribution >= 4 is 58.3 Å². The summed E-state index contributed by atoms with van der Waals surface area (Å²) in [6.07, 6.45) is 7.74. The van der Waals surface area contributed by atoms with E-state index in [0.717, 1.165) is 61.6 Å². The lowest BCUT2D eigenvalue weighted by atomic mass is 9.84. The minimum absolute atomic E-state index is 0.0300. The molecule has 0 saturated carbocycles. The number of benzene rings is 4. The molecule has 8 N–H and O–H groups in total. The average Bonchev–Trinajstić information content (AvgIpc) is 1.51. The van der Waals surface area contributed by atoms with Gasteiger partial charge in [0.15, 0.2) is 0 Å². The number of aliphatic hydroxyl groups is 2. The zero-order valence-electron chi connectivity index (χ0n) is 57.6. The SMILES string of the molecule is CCCCCCCNC(=O)OCCN(CCO)C(=O)CCc1cc(-n2nc3ccccc3n2)c(O)c(C(C)(C)C)c1.CNC(=O)OCCN(C)CCOC(=O)NCCCCCCNC(=O)OCCN(CCO)C(=O)CCc1cc(-n2nc3ccccc3n2)c(O)c(C(C)(C)C)c1. The van der Waals surface area contributed by atoms with Crippen LogP contribution in [0.2, 0.25) is 0 Å². The first-order valence-corrected chi connectivity index (χ1v) is 33.4. The van der Waals surface area contributed by atoms with Gasteiger partial charge in [0.05, 0.1) is 26.3 Å². The lowest BCUT2D eigenvalue weighted by Gasteiger charge is -2.24. The molecule has 96 heavy (non-hydrogen) atoms. The first kappa shape index (κ1) is 77.9. The number of hydrogen-bond acceptors (Lipinski definition) is 19. The number of phenolic OH excluding ortho intramolecular Hbond substituents is 2. The third-order valence-electron chi connectivity index (χ3n) is 15.6. The second kappa shape index (κ2) is 40.5. The fourth-order valence-corrected chi connectivity index (χ4v) is 10.1. The lowest BCUT2D eigenvalue weighted by Crippen LogP contribution is -2.37. The standard InChI is InChI=1S/C38H58N8O9.C31H45N5O5/c1-38(2,3)29-26-28(27-32(34(29)49)46-42-30-12-8-9-13-31(30)43-46)14-15-33(48)45(18-22-47)21-25-55-37(52)41-17-11-7-6-10-16-40-36(51)54-24-20-44(5)19-23-53-35(50)39-4;1-5-6-7-8-11-16-32-30(40)41-20-18-35(17-19-37)28(38)15-14-23-21-24(31(2,3)4)29(39)27(22-23)36-33-25-12-9-10-13-26(25)34-36/h8-9,12-13,26-27,47,49H,6-7,10-11,14-25H2,1-5H3,(H,39,50)(H,40,51)(H,41,52);9-10,12-13,21-22,37,39H,5-8,11,14-20H2,1-4H3,(H,32,40). The van der Waals surface area contributed by atoms with Crippen molar-refractivity contribution in [3.05, 3.63) is 95.1 Å². The highest BCUT2D eigenvalue weighted by Crippen LogP contribution is 2.38. The van der Waals surface area contributed by atoms with Gasteiger partial charge in [0.2, 0.25) is 11.8 Å².